The highest BCUT2D eigenvalue weighted by molar-refractivity contribution is 8.00. The second-order valence-electron chi connectivity index (χ2n) is 3.39. The molecule has 0 aliphatic rings. The highest BCUT2D eigenvalue weighted by Crippen LogP contribution is 2.29. The lowest BCUT2D eigenvalue weighted by Crippen LogP contribution is -2.30. The lowest BCUT2D eigenvalue weighted by Gasteiger charge is -2.13. The Labute approximate surface area is 110 Å². The Balaban J connectivity index is 2.66. The average Bonchev–Trinajstić information content (AvgIpc) is 2.33. The highest BCUT2D eigenvalue weighted by atomic mass is 32.2. The van der Waals surface area contributed by atoms with Gasteiger partial charge in [0, 0.05) is 5.56 Å². The molecule has 1 aromatic carbocycles. The van der Waals surface area contributed by atoms with E-state index in [1.165, 1.54) is 18.2 Å². The van der Waals surface area contributed by atoms with Gasteiger partial charge in [0.1, 0.15) is 11.9 Å². The lowest BCUT2D eigenvalue weighted by molar-refractivity contribution is -0.119. The molecule has 0 bridgehead atoms. The third-order valence-corrected chi connectivity index (χ3v) is 2.75. The molecule has 3 nitrogen and oxygen atoms in total. The largest absolute Gasteiger partial charge is 0.442 e. The van der Waals surface area contributed by atoms with Gasteiger partial charge >= 0.3 is 5.51 Å². The van der Waals surface area contributed by atoms with Gasteiger partial charge in [-0.15, -0.1) is 0 Å². The van der Waals surface area contributed by atoms with Crippen molar-refractivity contribution < 1.29 is 22.4 Å². The van der Waals surface area contributed by atoms with Gasteiger partial charge in [-0.1, -0.05) is 18.2 Å². The number of carbonyl (C=O) groups excluding carboxylic acids is 1. The zero-order chi connectivity index (χ0) is 14.5. The number of halogens is 4. The molecule has 1 N–H and O–H groups in total. The van der Waals surface area contributed by atoms with Crippen LogP contribution in [0.25, 0.3) is 0 Å². The van der Waals surface area contributed by atoms with Crippen molar-refractivity contribution in [1.29, 1.82) is 5.26 Å². The first-order valence-corrected chi connectivity index (χ1v) is 5.96. The van der Waals surface area contributed by atoms with Crippen LogP contribution >= 0.6 is 11.8 Å². The van der Waals surface area contributed by atoms with E-state index < -0.39 is 40.8 Å². The lowest BCUT2D eigenvalue weighted by atomic mass is 10.1. The molecule has 0 aliphatic heterocycles. The minimum Gasteiger partial charge on any atom is -0.336 e. The van der Waals surface area contributed by atoms with E-state index in [1.807, 2.05) is 5.32 Å². The molecule has 19 heavy (non-hydrogen) atoms. The fraction of sp³-hybridized carbons (Fsp3) is 0.273. The van der Waals surface area contributed by atoms with Crippen molar-refractivity contribution in [3.63, 3.8) is 0 Å². The molecule has 8 heteroatoms. The monoisotopic (exact) mass is 292 g/mol. The summed E-state index contributed by atoms with van der Waals surface area (Å²) in [6, 6.07) is 5.53. The van der Waals surface area contributed by atoms with Gasteiger partial charge in [-0.25, -0.2) is 4.39 Å². The standard InChI is InChI=1S/C11H8F4N2OS/c12-8-4-2-1-3-7(8)9(5-16)17-10(18)6-19-11(13,14)15/h1-4,9H,6H2,(H,17,18). The molecule has 0 aromatic heterocycles. The minimum absolute atomic E-state index is 0.0876. The van der Waals surface area contributed by atoms with Crippen LogP contribution in [0.1, 0.15) is 11.6 Å². The smallest absolute Gasteiger partial charge is 0.336 e. The molecule has 0 saturated heterocycles. The SMILES string of the molecule is N#CC(NC(=O)CSC(F)(F)F)c1ccccc1F. The maximum Gasteiger partial charge on any atom is 0.442 e. The first-order chi connectivity index (χ1) is 8.83. The summed E-state index contributed by atoms with van der Waals surface area (Å²) in [5, 5.41) is 10.9. The van der Waals surface area contributed by atoms with Crippen LogP contribution in [-0.2, 0) is 4.79 Å². The molecule has 1 amide bonds. The van der Waals surface area contributed by atoms with Crippen LogP contribution in [0.4, 0.5) is 17.6 Å². The number of amides is 1. The Morgan fingerprint density at radius 3 is 2.58 bits per heavy atom. The summed E-state index contributed by atoms with van der Waals surface area (Å²) in [6.07, 6.45) is 0. The Morgan fingerprint density at radius 1 is 1.42 bits per heavy atom. The molecule has 1 aromatic rings. The predicted molar refractivity (Wildman–Crippen MR) is 61.4 cm³/mol. The number of alkyl halides is 3. The van der Waals surface area contributed by atoms with E-state index in [9.17, 15) is 22.4 Å². The summed E-state index contributed by atoms with van der Waals surface area (Å²) in [7, 11) is 0. The van der Waals surface area contributed by atoms with Gasteiger partial charge < -0.3 is 5.32 Å². The quantitative estimate of drug-likeness (QED) is 0.868. The summed E-state index contributed by atoms with van der Waals surface area (Å²) in [6.45, 7) is 0. The first-order valence-electron chi connectivity index (χ1n) is 4.97. The van der Waals surface area contributed by atoms with Crippen molar-refractivity contribution in [2.45, 2.75) is 11.6 Å². The van der Waals surface area contributed by atoms with Crippen molar-refractivity contribution in [1.82, 2.24) is 5.32 Å². The predicted octanol–water partition coefficient (Wildman–Crippen LogP) is 2.76. The van der Waals surface area contributed by atoms with Crippen LogP contribution in [0.5, 0.6) is 0 Å². The van der Waals surface area contributed by atoms with Crippen LogP contribution in [0.3, 0.4) is 0 Å². The van der Waals surface area contributed by atoms with Crippen molar-refractivity contribution in [3.8, 4) is 6.07 Å². The fourth-order valence-electron chi connectivity index (χ4n) is 1.24. The fourth-order valence-corrected chi connectivity index (χ4v) is 1.62. The number of hydrogen-bond acceptors (Lipinski definition) is 3. The number of carbonyl (C=O) groups is 1. The van der Waals surface area contributed by atoms with Crippen molar-refractivity contribution in [2.24, 2.45) is 0 Å². The molecule has 0 spiro atoms. The first kappa shape index (κ1) is 15.3. The average molecular weight is 292 g/mol. The third kappa shape index (κ3) is 5.18. The Bertz CT molecular complexity index is 498. The maximum atomic E-state index is 13.4. The van der Waals surface area contributed by atoms with Crippen molar-refractivity contribution >= 4 is 17.7 Å². The maximum absolute atomic E-state index is 13.4. The van der Waals surface area contributed by atoms with E-state index in [2.05, 4.69) is 0 Å². The number of nitrogens with one attached hydrogen (secondary N) is 1. The zero-order valence-corrected chi connectivity index (χ0v) is 10.2. The molecule has 0 aliphatic carbocycles. The van der Waals surface area contributed by atoms with Crippen LogP contribution in [-0.4, -0.2) is 17.2 Å². The van der Waals surface area contributed by atoms with E-state index in [0.29, 0.717) is 0 Å². The molecular weight excluding hydrogens is 284 g/mol. The number of hydrogen-bond donors (Lipinski definition) is 1. The van der Waals surface area contributed by atoms with Gasteiger partial charge in [-0.3, -0.25) is 4.79 Å². The number of nitriles is 1. The molecule has 102 valence electrons. The van der Waals surface area contributed by atoms with Crippen LogP contribution in [0, 0.1) is 17.1 Å². The molecule has 1 unspecified atom stereocenters. The van der Waals surface area contributed by atoms with Crippen molar-refractivity contribution in [3.05, 3.63) is 35.6 Å². The molecule has 1 rings (SSSR count). The van der Waals surface area contributed by atoms with E-state index in [-0.39, 0.29) is 5.56 Å². The van der Waals surface area contributed by atoms with Gasteiger partial charge in [-0.2, -0.15) is 18.4 Å². The van der Waals surface area contributed by atoms with E-state index >= 15 is 0 Å². The second-order valence-corrected chi connectivity index (χ2v) is 4.43. The Morgan fingerprint density at radius 2 is 2.05 bits per heavy atom. The van der Waals surface area contributed by atoms with Gasteiger partial charge in [0.25, 0.3) is 0 Å². The number of thioether (sulfide) groups is 1. The van der Waals surface area contributed by atoms with E-state index in [0.717, 1.165) is 6.07 Å². The van der Waals surface area contributed by atoms with Gasteiger partial charge in [0.2, 0.25) is 5.91 Å². The van der Waals surface area contributed by atoms with Crippen LogP contribution < -0.4 is 5.32 Å². The van der Waals surface area contributed by atoms with Gasteiger partial charge in [0.05, 0.1) is 11.8 Å². The van der Waals surface area contributed by atoms with E-state index in [1.54, 1.807) is 6.07 Å². The number of rotatable bonds is 4. The Hall–Kier alpha value is -1.75. The van der Waals surface area contributed by atoms with Crippen LogP contribution in [0.15, 0.2) is 24.3 Å². The topological polar surface area (TPSA) is 52.9 Å². The normalized spacial score (nSPS) is 12.6. The van der Waals surface area contributed by atoms with Crippen LogP contribution in [0.2, 0.25) is 0 Å². The van der Waals surface area contributed by atoms with Gasteiger partial charge in [-0.05, 0) is 17.8 Å². The molecule has 0 heterocycles. The summed E-state index contributed by atoms with van der Waals surface area (Å²) < 4.78 is 49.0. The van der Waals surface area contributed by atoms with E-state index in [4.69, 9.17) is 5.26 Å². The number of benzene rings is 1. The number of nitrogens with zero attached hydrogens (tertiary/aromatic N) is 1. The van der Waals surface area contributed by atoms with Gasteiger partial charge in [0.15, 0.2) is 0 Å². The zero-order valence-electron chi connectivity index (χ0n) is 9.37. The Kier molecular flexibility index (Phi) is 5.18. The molecule has 0 fully saturated rings. The molecule has 1 atom stereocenters. The highest BCUT2D eigenvalue weighted by Gasteiger charge is 2.29. The third-order valence-electron chi connectivity index (χ3n) is 2.02. The summed E-state index contributed by atoms with van der Waals surface area (Å²) in [4.78, 5) is 11.2. The minimum atomic E-state index is -4.53. The summed E-state index contributed by atoms with van der Waals surface area (Å²) in [5.41, 5.74) is -4.62. The second kappa shape index (κ2) is 6.43. The summed E-state index contributed by atoms with van der Waals surface area (Å²) >= 11 is -0.522. The molecule has 0 radical (unpaired) electrons. The molecule has 0 saturated carbocycles. The van der Waals surface area contributed by atoms with Crippen molar-refractivity contribution in [2.75, 3.05) is 5.75 Å². The molecular formula is C11H8F4N2OS. The summed E-state index contributed by atoms with van der Waals surface area (Å²) in [5.74, 6) is -2.58.